The molecule has 0 saturated heterocycles. The molecule has 0 bridgehead atoms. The minimum absolute atomic E-state index is 0.132. The summed E-state index contributed by atoms with van der Waals surface area (Å²) in [6, 6.07) is 8.22. The third-order valence-corrected chi connectivity index (χ3v) is 5.21. The molecule has 130 valence electrons. The Morgan fingerprint density at radius 2 is 1.83 bits per heavy atom. The van der Waals surface area contributed by atoms with Gasteiger partial charge in [0.25, 0.3) is 0 Å². The van der Waals surface area contributed by atoms with Crippen LogP contribution < -0.4 is 0 Å². The van der Waals surface area contributed by atoms with Crippen molar-refractivity contribution in [2.45, 2.75) is 45.6 Å². The molecule has 5 heteroatoms. The molecule has 0 unspecified atom stereocenters. The molecular weight excluding hydrogens is 368 g/mol. The highest BCUT2D eigenvalue weighted by molar-refractivity contribution is 9.10. The molecule has 2 rings (SSSR count). The van der Waals surface area contributed by atoms with Crippen molar-refractivity contribution in [1.29, 1.82) is 5.41 Å². The minimum Gasteiger partial charge on any atom is -0.444 e. The second-order valence-corrected chi connectivity index (χ2v) is 7.25. The van der Waals surface area contributed by atoms with Gasteiger partial charge < -0.3 is 15.0 Å². The van der Waals surface area contributed by atoms with Crippen molar-refractivity contribution in [2.24, 2.45) is 0 Å². The van der Waals surface area contributed by atoms with Crippen LogP contribution in [0.1, 0.15) is 45.1 Å². The van der Waals surface area contributed by atoms with Gasteiger partial charge in [0.2, 0.25) is 0 Å². The van der Waals surface area contributed by atoms with Gasteiger partial charge in [-0.1, -0.05) is 40.9 Å². The van der Waals surface area contributed by atoms with Gasteiger partial charge in [0.05, 0.1) is 0 Å². The van der Waals surface area contributed by atoms with E-state index in [1.54, 1.807) is 18.9 Å². The fraction of sp³-hybridized carbons (Fsp3) is 0.474. The molecule has 1 aromatic carbocycles. The number of carbonyl (C=O) groups is 1. The zero-order chi connectivity index (χ0) is 17.7. The SMILES string of the molecule is CC(=N)/C(COC(=O)N(C)C1CCCC1)=C(\C)c1ccc(Br)cc1. The van der Waals surface area contributed by atoms with Gasteiger partial charge in [-0.3, -0.25) is 0 Å². The van der Waals surface area contributed by atoms with E-state index in [1.807, 2.05) is 31.2 Å². The zero-order valence-electron chi connectivity index (χ0n) is 14.6. The van der Waals surface area contributed by atoms with Gasteiger partial charge >= 0.3 is 6.09 Å². The monoisotopic (exact) mass is 392 g/mol. The van der Waals surface area contributed by atoms with Crippen LogP contribution in [0.15, 0.2) is 34.3 Å². The number of rotatable bonds is 5. The number of carbonyl (C=O) groups excluding carboxylic acids is 1. The predicted molar refractivity (Wildman–Crippen MR) is 102 cm³/mol. The predicted octanol–water partition coefficient (Wildman–Crippen LogP) is 5.27. The second-order valence-electron chi connectivity index (χ2n) is 6.34. The van der Waals surface area contributed by atoms with Gasteiger partial charge in [0, 0.05) is 28.8 Å². The maximum atomic E-state index is 12.3. The number of benzene rings is 1. The van der Waals surface area contributed by atoms with Crippen LogP contribution in [-0.2, 0) is 4.74 Å². The molecule has 0 spiro atoms. The normalized spacial score (nSPS) is 15.8. The Hall–Kier alpha value is -1.62. The van der Waals surface area contributed by atoms with Gasteiger partial charge in [-0.2, -0.15) is 0 Å². The van der Waals surface area contributed by atoms with E-state index in [4.69, 9.17) is 10.1 Å². The number of hydrogen-bond acceptors (Lipinski definition) is 3. The van der Waals surface area contributed by atoms with Crippen molar-refractivity contribution in [3.8, 4) is 0 Å². The average Bonchev–Trinajstić information content (AvgIpc) is 3.08. The highest BCUT2D eigenvalue weighted by atomic mass is 79.9. The Labute approximate surface area is 152 Å². The largest absolute Gasteiger partial charge is 0.444 e. The Balaban J connectivity index is 2.07. The van der Waals surface area contributed by atoms with Crippen LogP contribution in [0.2, 0.25) is 0 Å². The lowest BCUT2D eigenvalue weighted by Crippen LogP contribution is -2.36. The summed E-state index contributed by atoms with van der Waals surface area (Å²) in [6.45, 7) is 3.82. The van der Waals surface area contributed by atoms with Crippen LogP contribution in [0.4, 0.5) is 4.79 Å². The van der Waals surface area contributed by atoms with Gasteiger partial charge in [0.1, 0.15) is 6.61 Å². The molecule has 0 aliphatic heterocycles. The summed E-state index contributed by atoms with van der Waals surface area (Å²) in [4.78, 5) is 14.0. The topological polar surface area (TPSA) is 53.4 Å². The summed E-state index contributed by atoms with van der Waals surface area (Å²) in [7, 11) is 1.81. The molecule has 0 aromatic heterocycles. The highest BCUT2D eigenvalue weighted by Crippen LogP contribution is 2.24. The lowest BCUT2D eigenvalue weighted by atomic mass is 9.99. The smallest absolute Gasteiger partial charge is 0.410 e. The molecule has 1 N–H and O–H groups in total. The fourth-order valence-corrected chi connectivity index (χ4v) is 3.31. The van der Waals surface area contributed by atoms with Crippen LogP contribution in [-0.4, -0.2) is 36.4 Å². The Morgan fingerprint density at radius 1 is 1.25 bits per heavy atom. The maximum absolute atomic E-state index is 12.3. The first-order valence-corrected chi connectivity index (χ1v) is 9.10. The van der Waals surface area contributed by atoms with E-state index in [-0.39, 0.29) is 12.7 Å². The van der Waals surface area contributed by atoms with Crippen LogP contribution >= 0.6 is 15.9 Å². The number of amides is 1. The van der Waals surface area contributed by atoms with E-state index in [0.29, 0.717) is 11.8 Å². The van der Waals surface area contributed by atoms with Crippen molar-refractivity contribution in [3.05, 3.63) is 39.9 Å². The van der Waals surface area contributed by atoms with E-state index in [1.165, 1.54) is 12.8 Å². The Morgan fingerprint density at radius 3 is 2.38 bits per heavy atom. The summed E-state index contributed by atoms with van der Waals surface area (Å²) in [6.07, 6.45) is 4.15. The molecule has 0 atom stereocenters. The van der Waals surface area contributed by atoms with Crippen molar-refractivity contribution >= 4 is 33.3 Å². The first kappa shape index (κ1) is 18.7. The second kappa shape index (κ2) is 8.47. The quantitative estimate of drug-likeness (QED) is 0.693. The molecule has 0 radical (unpaired) electrons. The van der Waals surface area contributed by atoms with Gasteiger partial charge in [-0.05, 0) is 50.0 Å². The lowest BCUT2D eigenvalue weighted by Gasteiger charge is -2.24. The van der Waals surface area contributed by atoms with E-state index in [9.17, 15) is 4.79 Å². The molecule has 1 amide bonds. The number of allylic oxidation sites excluding steroid dienone is 1. The first-order chi connectivity index (χ1) is 11.4. The van der Waals surface area contributed by atoms with Crippen LogP contribution in [0.25, 0.3) is 5.57 Å². The number of ether oxygens (including phenoxy) is 1. The third kappa shape index (κ3) is 4.69. The number of nitrogens with one attached hydrogen (secondary N) is 1. The van der Waals surface area contributed by atoms with Gasteiger partial charge in [-0.25, -0.2) is 4.79 Å². The molecule has 0 heterocycles. The van der Waals surface area contributed by atoms with E-state index >= 15 is 0 Å². The summed E-state index contributed by atoms with van der Waals surface area (Å²) in [5, 5.41) is 8.02. The van der Waals surface area contributed by atoms with Crippen molar-refractivity contribution in [1.82, 2.24) is 4.90 Å². The van der Waals surface area contributed by atoms with Crippen LogP contribution in [0.3, 0.4) is 0 Å². The average molecular weight is 393 g/mol. The summed E-state index contributed by atoms with van der Waals surface area (Å²) in [5.41, 5.74) is 3.17. The Bertz CT molecular complexity index is 631. The Kier molecular flexibility index (Phi) is 6.60. The highest BCUT2D eigenvalue weighted by Gasteiger charge is 2.24. The summed E-state index contributed by atoms with van der Waals surface area (Å²) < 4.78 is 6.50. The molecule has 1 fully saturated rings. The maximum Gasteiger partial charge on any atom is 0.410 e. The summed E-state index contributed by atoms with van der Waals surface area (Å²) >= 11 is 3.43. The van der Waals surface area contributed by atoms with Gasteiger partial charge in [-0.15, -0.1) is 0 Å². The molecule has 1 aliphatic rings. The fourth-order valence-electron chi connectivity index (χ4n) is 3.05. The van der Waals surface area contributed by atoms with Crippen LogP contribution in [0.5, 0.6) is 0 Å². The minimum atomic E-state index is -0.302. The van der Waals surface area contributed by atoms with Crippen molar-refractivity contribution < 1.29 is 9.53 Å². The molecule has 4 nitrogen and oxygen atoms in total. The molecule has 1 aromatic rings. The molecule has 24 heavy (non-hydrogen) atoms. The first-order valence-electron chi connectivity index (χ1n) is 8.31. The number of nitrogens with zero attached hydrogens (tertiary/aromatic N) is 1. The van der Waals surface area contributed by atoms with E-state index < -0.39 is 0 Å². The third-order valence-electron chi connectivity index (χ3n) is 4.68. The molecular formula is C19H25BrN2O2. The lowest BCUT2D eigenvalue weighted by molar-refractivity contribution is 0.106. The number of halogens is 1. The zero-order valence-corrected chi connectivity index (χ0v) is 16.1. The van der Waals surface area contributed by atoms with Crippen molar-refractivity contribution in [2.75, 3.05) is 13.7 Å². The standard InChI is InChI=1S/C19H25BrN2O2/c1-13(15-8-10-16(20)11-9-15)18(14(2)21)12-24-19(23)22(3)17-6-4-5-7-17/h8-11,17,21H,4-7,12H2,1-3H3/b18-13+,21-14?. The van der Waals surface area contributed by atoms with E-state index in [2.05, 4.69) is 15.9 Å². The van der Waals surface area contributed by atoms with E-state index in [0.717, 1.165) is 34.0 Å². The van der Waals surface area contributed by atoms with Crippen molar-refractivity contribution in [3.63, 3.8) is 0 Å². The molecule has 1 saturated carbocycles. The summed E-state index contributed by atoms with van der Waals surface area (Å²) in [5.74, 6) is 0. The van der Waals surface area contributed by atoms with Crippen LogP contribution in [0, 0.1) is 5.41 Å². The van der Waals surface area contributed by atoms with Gasteiger partial charge in [0.15, 0.2) is 0 Å². The molecule has 1 aliphatic carbocycles. The number of hydrogen-bond donors (Lipinski definition) is 1.